The minimum Gasteiger partial charge on any atom is -0.227 e. The van der Waals surface area contributed by atoms with Gasteiger partial charge in [0.25, 0.3) is 0 Å². The van der Waals surface area contributed by atoms with Gasteiger partial charge in [-0.15, -0.1) is 4.48 Å². The Bertz CT molecular complexity index is 531. The molecule has 0 aromatic heterocycles. The molecule has 4 nitrogen and oxygen atoms in total. The largest absolute Gasteiger partial charge is 0.441 e. The highest BCUT2D eigenvalue weighted by Crippen LogP contribution is 2.36. The number of urea groups is 1. The zero-order valence-corrected chi connectivity index (χ0v) is 16.5. The summed E-state index contributed by atoms with van der Waals surface area (Å²) in [6.45, 7) is 3.74. The van der Waals surface area contributed by atoms with Gasteiger partial charge in [-0.05, 0) is 32.5 Å². The van der Waals surface area contributed by atoms with E-state index in [9.17, 15) is 9.59 Å². The maximum absolute atomic E-state index is 12.3. The molecule has 21 heavy (non-hydrogen) atoms. The number of halogens is 3. The van der Waals surface area contributed by atoms with Gasteiger partial charge in [0.05, 0.1) is 29.9 Å². The SMILES string of the molecule is CC1C(=O)[N+](C)(c2cc(Cl)cc(Cl)c2)C(=O)N1I.CC[SH2+]. The van der Waals surface area contributed by atoms with Crippen molar-refractivity contribution in [3.05, 3.63) is 28.2 Å². The van der Waals surface area contributed by atoms with Gasteiger partial charge in [0.1, 0.15) is 5.75 Å². The van der Waals surface area contributed by atoms with Gasteiger partial charge < -0.3 is 0 Å². The number of likely N-dealkylation sites (N-methyl/N-ethyl adjacent to an activating group) is 1. The van der Waals surface area contributed by atoms with Crippen LogP contribution in [-0.2, 0) is 17.4 Å². The van der Waals surface area contributed by atoms with Gasteiger partial charge in [-0.2, -0.15) is 0 Å². The number of quaternary nitrogens is 1. The minimum absolute atomic E-state index is 0.201. The lowest BCUT2D eigenvalue weighted by atomic mass is 10.2. The summed E-state index contributed by atoms with van der Waals surface area (Å²) in [5.41, 5.74) is 0.480. The lowest BCUT2D eigenvalue weighted by Crippen LogP contribution is -2.51. The molecule has 116 valence electrons. The molecule has 1 aromatic carbocycles. The first-order valence-corrected chi connectivity index (χ1v) is 8.64. The van der Waals surface area contributed by atoms with E-state index in [1.165, 1.54) is 3.11 Å². The molecule has 1 saturated heterocycles. The zero-order chi connectivity index (χ0) is 16.4. The number of nitrogens with zero attached hydrogens (tertiary/aromatic N) is 2. The normalized spacial score (nSPS) is 24.9. The Morgan fingerprint density at radius 1 is 1.29 bits per heavy atom. The Hall–Kier alpha value is -0.0200. The van der Waals surface area contributed by atoms with E-state index in [1.54, 1.807) is 32.2 Å². The van der Waals surface area contributed by atoms with E-state index in [4.69, 9.17) is 23.2 Å². The lowest BCUT2D eigenvalue weighted by Gasteiger charge is -2.22. The summed E-state index contributed by atoms with van der Waals surface area (Å²) >= 11 is 16.9. The number of benzene rings is 1. The summed E-state index contributed by atoms with van der Waals surface area (Å²) in [7, 11) is 1.56. The van der Waals surface area contributed by atoms with Crippen LogP contribution in [0.15, 0.2) is 18.2 Å². The molecule has 3 amide bonds. The Balaban J connectivity index is 0.000000677. The fourth-order valence-electron chi connectivity index (χ4n) is 1.96. The Morgan fingerprint density at radius 2 is 1.71 bits per heavy atom. The third-order valence-electron chi connectivity index (χ3n) is 3.07. The summed E-state index contributed by atoms with van der Waals surface area (Å²) < 4.78 is 0.958. The molecule has 8 heteroatoms. The third-order valence-corrected chi connectivity index (χ3v) is 4.75. The summed E-state index contributed by atoms with van der Waals surface area (Å²) in [5, 5.41) is 0.800. The standard InChI is InChI=1S/C11H10Cl2IN2O2.C2H6S/c1-6-10(17)16(2,11(18)15(6)14)9-4-7(12)3-8(13)5-9;1-2-3/h3-6H,1-2H3;3H,2H2,1H3/q+1;/p+1. The van der Waals surface area contributed by atoms with E-state index < -0.39 is 10.5 Å². The molecule has 1 aliphatic heterocycles. The van der Waals surface area contributed by atoms with Crippen LogP contribution in [0.3, 0.4) is 0 Å². The van der Waals surface area contributed by atoms with Gasteiger partial charge in [0.2, 0.25) is 0 Å². The molecule has 0 spiro atoms. The molecule has 0 radical (unpaired) electrons. The summed E-state index contributed by atoms with van der Waals surface area (Å²) in [4.78, 5) is 24.5. The number of imide groups is 1. The monoisotopic (exact) mass is 462 g/mol. The minimum atomic E-state index is -0.471. The van der Waals surface area contributed by atoms with Crippen LogP contribution in [0.25, 0.3) is 0 Å². The number of rotatable bonds is 1. The predicted molar refractivity (Wildman–Crippen MR) is 101 cm³/mol. The van der Waals surface area contributed by atoms with Crippen molar-refractivity contribution >= 4 is 76.3 Å². The molecule has 0 bridgehead atoms. The molecular formula is C13H17Cl2IN2O2S+2. The molecule has 0 N–H and O–H groups in total. The van der Waals surface area contributed by atoms with Gasteiger partial charge in [-0.3, -0.25) is 0 Å². The molecule has 1 fully saturated rings. The molecule has 1 aliphatic rings. The van der Waals surface area contributed by atoms with E-state index in [1.807, 2.05) is 29.8 Å². The van der Waals surface area contributed by atoms with Crippen molar-refractivity contribution in [2.45, 2.75) is 19.9 Å². The molecule has 1 heterocycles. The first kappa shape index (κ1) is 19.0. The molecular weight excluding hydrogens is 446 g/mol. The van der Waals surface area contributed by atoms with E-state index in [2.05, 4.69) is 12.6 Å². The van der Waals surface area contributed by atoms with Crippen LogP contribution in [0.2, 0.25) is 10.0 Å². The molecule has 1 aromatic rings. The highest BCUT2D eigenvalue weighted by Gasteiger charge is 2.57. The van der Waals surface area contributed by atoms with Crippen molar-refractivity contribution in [1.82, 2.24) is 7.60 Å². The highest BCUT2D eigenvalue weighted by atomic mass is 127. The number of carbonyl (C=O) groups is 2. The lowest BCUT2D eigenvalue weighted by molar-refractivity contribution is -0.126. The molecule has 2 unspecified atom stereocenters. The maximum atomic E-state index is 12.3. The van der Waals surface area contributed by atoms with Crippen LogP contribution < -0.4 is 4.48 Å². The second-order valence-electron chi connectivity index (χ2n) is 4.60. The van der Waals surface area contributed by atoms with Gasteiger partial charge in [-0.1, -0.05) is 23.2 Å². The quantitative estimate of drug-likeness (QED) is 0.210. The topological polar surface area (TPSA) is 37.4 Å². The summed E-state index contributed by atoms with van der Waals surface area (Å²) in [6.07, 6.45) is 0. The fourth-order valence-corrected chi connectivity index (χ4v) is 3.14. The van der Waals surface area contributed by atoms with Crippen LogP contribution in [0, 0.1) is 0 Å². The molecule has 2 rings (SSSR count). The van der Waals surface area contributed by atoms with Crippen molar-refractivity contribution < 1.29 is 9.59 Å². The Kier molecular flexibility index (Phi) is 6.80. The van der Waals surface area contributed by atoms with E-state index >= 15 is 0 Å². The van der Waals surface area contributed by atoms with Gasteiger partial charge in [0, 0.05) is 22.2 Å². The Morgan fingerprint density at radius 3 is 2.05 bits per heavy atom. The number of hydrogen-bond donors (Lipinski definition) is 0. The van der Waals surface area contributed by atoms with Crippen LogP contribution >= 0.6 is 46.1 Å². The predicted octanol–water partition coefficient (Wildman–Crippen LogP) is 3.65. The first-order chi connectivity index (χ1) is 9.69. The van der Waals surface area contributed by atoms with Crippen molar-refractivity contribution in [1.29, 1.82) is 0 Å². The van der Waals surface area contributed by atoms with Crippen molar-refractivity contribution in [2.75, 3.05) is 12.8 Å². The first-order valence-electron chi connectivity index (χ1n) is 6.21. The highest BCUT2D eigenvalue weighted by molar-refractivity contribution is 14.1. The number of amides is 3. The average Bonchev–Trinajstić information content (AvgIpc) is 2.55. The van der Waals surface area contributed by atoms with E-state index in [0.29, 0.717) is 15.7 Å². The molecule has 0 saturated carbocycles. The van der Waals surface area contributed by atoms with Crippen molar-refractivity contribution in [3.8, 4) is 0 Å². The van der Waals surface area contributed by atoms with Crippen molar-refractivity contribution in [2.24, 2.45) is 0 Å². The van der Waals surface area contributed by atoms with E-state index in [-0.39, 0.29) is 11.9 Å². The van der Waals surface area contributed by atoms with Gasteiger partial charge >= 0.3 is 11.9 Å². The smallest absolute Gasteiger partial charge is 0.227 e. The second kappa shape index (κ2) is 7.50. The molecule has 0 aliphatic carbocycles. The summed E-state index contributed by atoms with van der Waals surface area (Å²) in [5.74, 6) is 0.854. The van der Waals surface area contributed by atoms with Crippen LogP contribution in [-0.4, -0.2) is 33.9 Å². The average molecular weight is 463 g/mol. The fraction of sp³-hybridized carbons (Fsp3) is 0.385. The Labute approximate surface area is 153 Å². The zero-order valence-electron chi connectivity index (χ0n) is 11.9. The third kappa shape index (κ3) is 3.67. The van der Waals surface area contributed by atoms with Crippen LogP contribution in [0.1, 0.15) is 13.8 Å². The van der Waals surface area contributed by atoms with Crippen LogP contribution in [0.5, 0.6) is 0 Å². The summed E-state index contributed by atoms with van der Waals surface area (Å²) in [6, 6.07) is 3.97. The van der Waals surface area contributed by atoms with E-state index in [0.717, 1.165) is 5.75 Å². The van der Waals surface area contributed by atoms with Gasteiger partial charge in [-0.25, -0.2) is 12.7 Å². The van der Waals surface area contributed by atoms with Gasteiger partial charge in [0.15, 0.2) is 11.7 Å². The number of hydrogen-bond acceptors (Lipinski definition) is 2. The van der Waals surface area contributed by atoms with Crippen LogP contribution in [0.4, 0.5) is 10.5 Å². The second-order valence-corrected chi connectivity index (χ2v) is 7.21. The number of carbonyl (C=O) groups excluding carboxylic acids is 2. The van der Waals surface area contributed by atoms with Crippen molar-refractivity contribution in [3.63, 3.8) is 0 Å². The maximum Gasteiger partial charge on any atom is 0.441 e. The molecule has 2 atom stereocenters.